The predicted molar refractivity (Wildman–Crippen MR) is 108 cm³/mol. The molecule has 2 N–H and O–H groups in total. The van der Waals surface area contributed by atoms with Crippen LogP contribution in [0.15, 0.2) is 73.3 Å². The minimum Gasteiger partial charge on any atom is -0.465 e. The van der Waals surface area contributed by atoms with E-state index in [1.165, 1.54) is 7.11 Å². The number of ether oxygens (including phenoxy) is 1. The third kappa shape index (κ3) is 5.70. The summed E-state index contributed by atoms with van der Waals surface area (Å²) >= 11 is 0. The number of aromatic nitrogens is 2. The maximum Gasteiger partial charge on any atom is 0.337 e. The average molecular weight is 390 g/mol. The molecule has 7 nitrogen and oxygen atoms in total. The Labute approximate surface area is 169 Å². The van der Waals surface area contributed by atoms with Crippen molar-refractivity contribution in [2.45, 2.75) is 19.1 Å². The number of pyridine rings is 2. The van der Waals surface area contributed by atoms with E-state index in [9.17, 15) is 9.59 Å². The van der Waals surface area contributed by atoms with Crippen LogP contribution in [0.1, 0.15) is 33.1 Å². The molecule has 0 bridgehead atoms. The fourth-order valence-corrected chi connectivity index (χ4v) is 2.81. The highest BCUT2D eigenvalue weighted by atomic mass is 16.5. The number of benzene rings is 1. The topological polar surface area (TPSA) is 93.2 Å². The maximum absolute atomic E-state index is 12.9. The predicted octanol–water partition coefficient (Wildman–Crippen LogP) is 2.41. The highest BCUT2D eigenvalue weighted by Gasteiger charge is 2.20. The molecule has 3 rings (SSSR count). The van der Waals surface area contributed by atoms with Gasteiger partial charge in [-0.3, -0.25) is 20.1 Å². The molecular weight excluding hydrogens is 368 g/mol. The van der Waals surface area contributed by atoms with Gasteiger partial charge in [0.2, 0.25) is 5.91 Å². The first-order valence-corrected chi connectivity index (χ1v) is 9.14. The Bertz CT molecular complexity index is 931. The molecule has 148 valence electrons. The molecule has 2 heterocycles. The Kier molecular flexibility index (Phi) is 7.02. The number of nitrogens with zero attached hydrogens (tertiary/aromatic N) is 2. The summed E-state index contributed by atoms with van der Waals surface area (Å²) in [7, 11) is 1.33. The molecule has 1 amide bonds. The van der Waals surface area contributed by atoms with E-state index in [4.69, 9.17) is 4.74 Å². The van der Waals surface area contributed by atoms with Crippen LogP contribution in [0.25, 0.3) is 0 Å². The quantitative estimate of drug-likeness (QED) is 0.574. The number of rotatable bonds is 8. The summed E-state index contributed by atoms with van der Waals surface area (Å²) in [5.74, 6) is -0.596. The molecule has 29 heavy (non-hydrogen) atoms. The Morgan fingerprint density at radius 3 is 2.10 bits per heavy atom. The molecule has 0 aliphatic carbocycles. The largest absolute Gasteiger partial charge is 0.465 e. The van der Waals surface area contributed by atoms with E-state index in [-0.39, 0.29) is 5.91 Å². The zero-order chi connectivity index (χ0) is 20.5. The highest BCUT2D eigenvalue weighted by Crippen LogP contribution is 2.16. The molecule has 0 aliphatic heterocycles. The molecule has 3 aromatic rings. The van der Waals surface area contributed by atoms with E-state index in [0.717, 1.165) is 16.7 Å². The maximum atomic E-state index is 12.9. The third-order valence-electron chi connectivity index (χ3n) is 4.35. The number of esters is 1. The average Bonchev–Trinajstić information content (AvgIpc) is 2.79. The molecule has 0 aliphatic rings. The molecular formula is C22H22N4O3. The minimum atomic E-state index is -0.599. The number of amides is 1. The van der Waals surface area contributed by atoms with E-state index in [0.29, 0.717) is 18.7 Å². The summed E-state index contributed by atoms with van der Waals surface area (Å²) in [5, 5.41) is 6.20. The smallest absolute Gasteiger partial charge is 0.337 e. The number of carbonyl (C=O) groups is 2. The van der Waals surface area contributed by atoms with Gasteiger partial charge in [-0.2, -0.15) is 0 Å². The summed E-state index contributed by atoms with van der Waals surface area (Å²) in [5.41, 5.74) is 3.04. The van der Waals surface area contributed by atoms with E-state index >= 15 is 0 Å². The van der Waals surface area contributed by atoms with Gasteiger partial charge in [-0.05, 0) is 41.0 Å². The van der Waals surface area contributed by atoms with E-state index in [1.807, 2.05) is 24.3 Å². The van der Waals surface area contributed by atoms with Gasteiger partial charge in [0, 0.05) is 37.9 Å². The van der Waals surface area contributed by atoms with Gasteiger partial charge >= 0.3 is 5.97 Å². The lowest BCUT2D eigenvalue weighted by molar-refractivity contribution is -0.123. The fourth-order valence-electron chi connectivity index (χ4n) is 2.81. The summed E-state index contributed by atoms with van der Waals surface area (Å²) in [4.78, 5) is 32.7. The van der Waals surface area contributed by atoms with Crippen molar-refractivity contribution in [3.05, 3.63) is 95.6 Å². The summed E-state index contributed by atoms with van der Waals surface area (Å²) in [6.07, 6.45) is 6.85. The van der Waals surface area contributed by atoms with Crippen molar-refractivity contribution in [3.8, 4) is 0 Å². The van der Waals surface area contributed by atoms with Gasteiger partial charge in [0.25, 0.3) is 0 Å². The molecule has 1 atom stereocenters. The number of carbonyl (C=O) groups excluding carboxylic acids is 2. The van der Waals surface area contributed by atoms with Crippen LogP contribution in [0.3, 0.4) is 0 Å². The fraction of sp³-hybridized carbons (Fsp3) is 0.182. The summed E-state index contributed by atoms with van der Waals surface area (Å²) < 4.78 is 4.73. The molecule has 0 saturated heterocycles. The monoisotopic (exact) mass is 390 g/mol. The molecule has 0 saturated carbocycles. The Balaban J connectivity index is 1.74. The number of hydrogen-bond donors (Lipinski definition) is 2. The van der Waals surface area contributed by atoms with Gasteiger partial charge in [0.15, 0.2) is 0 Å². The standard InChI is InChI=1S/C22H22N4O3/c1-29-22(28)19-8-6-18(7-9-19)20(25-14-16-4-2-10-23-12-16)21(27)26-15-17-5-3-11-24-13-17/h2-13,20,25H,14-15H2,1H3,(H,26,27). The van der Waals surface area contributed by atoms with E-state index in [2.05, 4.69) is 20.6 Å². The van der Waals surface area contributed by atoms with Gasteiger partial charge in [-0.25, -0.2) is 4.79 Å². The van der Waals surface area contributed by atoms with Crippen molar-refractivity contribution >= 4 is 11.9 Å². The first-order chi connectivity index (χ1) is 14.2. The van der Waals surface area contributed by atoms with Crippen molar-refractivity contribution in [1.82, 2.24) is 20.6 Å². The Hall–Kier alpha value is -3.58. The van der Waals surface area contributed by atoms with Crippen LogP contribution in [-0.2, 0) is 22.6 Å². The second kappa shape index (κ2) is 10.1. The lowest BCUT2D eigenvalue weighted by atomic mass is 10.0. The SMILES string of the molecule is COC(=O)c1ccc(C(NCc2cccnc2)C(=O)NCc2cccnc2)cc1. The second-order valence-electron chi connectivity index (χ2n) is 6.37. The molecule has 7 heteroatoms. The van der Waals surface area contributed by atoms with Gasteiger partial charge in [0.05, 0.1) is 12.7 Å². The zero-order valence-electron chi connectivity index (χ0n) is 16.0. The van der Waals surface area contributed by atoms with Crippen molar-refractivity contribution in [3.63, 3.8) is 0 Å². The van der Waals surface area contributed by atoms with Crippen LogP contribution in [-0.4, -0.2) is 29.0 Å². The van der Waals surface area contributed by atoms with Crippen LogP contribution in [0, 0.1) is 0 Å². The molecule has 0 fully saturated rings. The first-order valence-electron chi connectivity index (χ1n) is 9.14. The van der Waals surface area contributed by atoms with Gasteiger partial charge in [-0.1, -0.05) is 24.3 Å². The Morgan fingerprint density at radius 2 is 1.55 bits per heavy atom. The molecule has 2 aromatic heterocycles. The van der Waals surface area contributed by atoms with Gasteiger partial charge in [0.1, 0.15) is 6.04 Å². The van der Waals surface area contributed by atoms with Crippen molar-refractivity contribution in [2.24, 2.45) is 0 Å². The van der Waals surface area contributed by atoms with Crippen LogP contribution in [0.2, 0.25) is 0 Å². The summed E-state index contributed by atoms with van der Waals surface area (Å²) in [6.45, 7) is 0.843. The van der Waals surface area contributed by atoms with Crippen LogP contribution >= 0.6 is 0 Å². The lowest BCUT2D eigenvalue weighted by Gasteiger charge is -2.19. The van der Waals surface area contributed by atoms with E-state index < -0.39 is 12.0 Å². The minimum absolute atomic E-state index is 0.177. The van der Waals surface area contributed by atoms with Crippen LogP contribution in [0.5, 0.6) is 0 Å². The van der Waals surface area contributed by atoms with Crippen molar-refractivity contribution in [1.29, 1.82) is 0 Å². The molecule has 1 aromatic carbocycles. The number of nitrogens with one attached hydrogen (secondary N) is 2. The van der Waals surface area contributed by atoms with Crippen LogP contribution < -0.4 is 10.6 Å². The van der Waals surface area contributed by atoms with Gasteiger partial charge < -0.3 is 10.1 Å². The van der Waals surface area contributed by atoms with Crippen molar-refractivity contribution < 1.29 is 14.3 Å². The molecule has 0 spiro atoms. The van der Waals surface area contributed by atoms with Crippen molar-refractivity contribution in [2.75, 3.05) is 7.11 Å². The second-order valence-corrected chi connectivity index (χ2v) is 6.37. The lowest BCUT2D eigenvalue weighted by Crippen LogP contribution is -2.37. The normalized spacial score (nSPS) is 11.5. The highest BCUT2D eigenvalue weighted by molar-refractivity contribution is 5.89. The summed E-state index contributed by atoms with van der Waals surface area (Å²) in [6, 6.07) is 13.7. The van der Waals surface area contributed by atoms with E-state index in [1.54, 1.807) is 49.1 Å². The number of methoxy groups -OCH3 is 1. The first kappa shape index (κ1) is 20.2. The van der Waals surface area contributed by atoms with Gasteiger partial charge in [-0.15, -0.1) is 0 Å². The molecule has 0 radical (unpaired) electrons. The van der Waals surface area contributed by atoms with Crippen LogP contribution in [0.4, 0.5) is 0 Å². The number of hydrogen-bond acceptors (Lipinski definition) is 6. The zero-order valence-corrected chi connectivity index (χ0v) is 16.0. The third-order valence-corrected chi connectivity index (χ3v) is 4.35. The molecule has 1 unspecified atom stereocenters. The Morgan fingerprint density at radius 1 is 0.931 bits per heavy atom.